The minimum atomic E-state index is -0.488. The Morgan fingerprint density at radius 1 is 1.42 bits per heavy atom. The molecule has 1 fully saturated rings. The van der Waals surface area contributed by atoms with Crippen molar-refractivity contribution in [3.8, 4) is 0 Å². The predicted octanol–water partition coefficient (Wildman–Crippen LogP) is 2.43. The maximum absolute atomic E-state index is 11.8. The summed E-state index contributed by atoms with van der Waals surface area (Å²) in [6.07, 6.45) is 1.72. The average Bonchev–Trinajstić information content (AvgIpc) is 2.97. The highest BCUT2D eigenvalue weighted by atomic mass is 32.2. The normalized spacial score (nSPS) is 19.9. The predicted molar refractivity (Wildman–Crippen MR) is 90.6 cm³/mol. The zero-order chi connectivity index (χ0) is 17.5. The summed E-state index contributed by atoms with van der Waals surface area (Å²) in [5.74, 6) is -0.377. The Morgan fingerprint density at radius 3 is 2.88 bits per heavy atom. The third-order valence-corrected chi connectivity index (χ3v) is 4.81. The number of nitro benzene ring substituents is 1. The molecule has 0 aliphatic carbocycles. The molecular weight excluding hydrogens is 332 g/mol. The molecule has 1 N–H and O–H groups in total. The summed E-state index contributed by atoms with van der Waals surface area (Å²) in [5, 5.41) is 14.6. The number of ether oxygens (including phenoxy) is 1. The molecule has 0 radical (unpaired) electrons. The van der Waals surface area contributed by atoms with Crippen molar-refractivity contribution in [1.29, 1.82) is 0 Å². The van der Waals surface area contributed by atoms with Gasteiger partial charge in [0, 0.05) is 37.2 Å². The van der Waals surface area contributed by atoms with Gasteiger partial charge in [-0.05, 0) is 18.9 Å². The first-order valence-electron chi connectivity index (χ1n) is 7.74. The van der Waals surface area contributed by atoms with Crippen LogP contribution < -0.4 is 5.32 Å². The van der Waals surface area contributed by atoms with Crippen LogP contribution in [0.25, 0.3) is 0 Å². The number of nitrogens with zero attached hydrogens (tertiary/aromatic N) is 1. The van der Waals surface area contributed by atoms with Gasteiger partial charge in [0.2, 0.25) is 0 Å². The molecule has 2 rings (SSSR count). The highest BCUT2D eigenvalue weighted by Gasteiger charge is 2.26. The minimum Gasteiger partial charge on any atom is -0.461 e. The van der Waals surface area contributed by atoms with Crippen molar-refractivity contribution in [2.45, 2.75) is 44.1 Å². The molecule has 0 aromatic heterocycles. The lowest BCUT2D eigenvalue weighted by molar-refractivity contribution is -0.385. The van der Waals surface area contributed by atoms with Gasteiger partial charge in [-0.1, -0.05) is 23.9 Å². The van der Waals surface area contributed by atoms with E-state index in [0.29, 0.717) is 12.0 Å². The van der Waals surface area contributed by atoms with Crippen LogP contribution in [-0.4, -0.2) is 33.8 Å². The fourth-order valence-electron chi connectivity index (χ4n) is 2.66. The number of nitro groups is 1. The number of para-hydroxylation sites is 1. The smallest absolute Gasteiger partial charge is 0.306 e. The first-order valence-corrected chi connectivity index (χ1v) is 8.62. The van der Waals surface area contributed by atoms with E-state index in [1.54, 1.807) is 25.1 Å². The van der Waals surface area contributed by atoms with Gasteiger partial charge in [0.05, 0.1) is 10.5 Å². The van der Waals surface area contributed by atoms with Crippen LogP contribution in [0.2, 0.25) is 0 Å². The lowest BCUT2D eigenvalue weighted by Gasteiger charge is -2.10. The van der Waals surface area contributed by atoms with Gasteiger partial charge in [-0.2, -0.15) is 0 Å². The third-order valence-electron chi connectivity index (χ3n) is 3.79. The molecule has 24 heavy (non-hydrogen) atoms. The molecule has 7 nitrogen and oxygen atoms in total. The summed E-state index contributed by atoms with van der Waals surface area (Å²) >= 11 is 1.33. The van der Waals surface area contributed by atoms with Gasteiger partial charge in [0.1, 0.15) is 6.61 Å². The van der Waals surface area contributed by atoms with Crippen molar-refractivity contribution < 1.29 is 19.2 Å². The number of carbonyl (C=O) groups is 2. The maximum atomic E-state index is 11.8. The molecule has 1 heterocycles. The van der Waals surface area contributed by atoms with Crippen LogP contribution in [0, 0.1) is 10.1 Å². The molecule has 0 spiro atoms. The van der Waals surface area contributed by atoms with E-state index in [2.05, 4.69) is 5.32 Å². The van der Waals surface area contributed by atoms with E-state index in [0.717, 1.165) is 13.0 Å². The molecule has 0 saturated carbocycles. The van der Waals surface area contributed by atoms with Crippen LogP contribution in [0.5, 0.6) is 0 Å². The number of rotatable bonds is 7. The van der Waals surface area contributed by atoms with Gasteiger partial charge in [0.15, 0.2) is 5.12 Å². The summed E-state index contributed by atoms with van der Waals surface area (Å²) in [4.78, 5) is 33.3. The third kappa shape index (κ3) is 5.61. The maximum Gasteiger partial charge on any atom is 0.306 e. The number of nitrogens with one attached hydrogen (secondary N) is 1. The second-order valence-electron chi connectivity index (χ2n) is 5.66. The summed E-state index contributed by atoms with van der Waals surface area (Å²) < 4.78 is 5.14. The van der Waals surface area contributed by atoms with E-state index < -0.39 is 4.92 Å². The second-order valence-corrected chi connectivity index (χ2v) is 7.13. The highest BCUT2D eigenvalue weighted by Crippen LogP contribution is 2.24. The lowest BCUT2D eigenvalue weighted by Crippen LogP contribution is -2.22. The van der Waals surface area contributed by atoms with Crippen molar-refractivity contribution in [3.05, 3.63) is 39.9 Å². The Kier molecular flexibility index (Phi) is 6.74. The molecule has 130 valence electrons. The number of hydrogen-bond donors (Lipinski definition) is 1. The van der Waals surface area contributed by atoms with Crippen molar-refractivity contribution in [3.63, 3.8) is 0 Å². The summed E-state index contributed by atoms with van der Waals surface area (Å²) in [5.41, 5.74) is 0.333. The van der Waals surface area contributed by atoms with Gasteiger partial charge in [-0.15, -0.1) is 0 Å². The molecule has 1 aromatic rings. The molecule has 8 heteroatoms. The summed E-state index contributed by atoms with van der Waals surface area (Å²) in [6, 6.07) is 6.41. The Hall–Kier alpha value is -1.93. The van der Waals surface area contributed by atoms with E-state index in [1.165, 1.54) is 17.8 Å². The van der Waals surface area contributed by atoms with Gasteiger partial charge in [-0.25, -0.2) is 0 Å². The number of thioether (sulfide) groups is 1. The quantitative estimate of drug-likeness (QED) is 0.457. The van der Waals surface area contributed by atoms with Crippen molar-refractivity contribution in [1.82, 2.24) is 5.32 Å². The highest BCUT2D eigenvalue weighted by molar-refractivity contribution is 8.14. The largest absolute Gasteiger partial charge is 0.461 e. The first kappa shape index (κ1) is 18.4. The Labute approximate surface area is 144 Å². The molecule has 1 aromatic carbocycles. The minimum absolute atomic E-state index is 0.0492. The van der Waals surface area contributed by atoms with Crippen LogP contribution in [-0.2, 0) is 20.9 Å². The summed E-state index contributed by atoms with van der Waals surface area (Å²) in [6.45, 7) is 2.22. The zero-order valence-electron chi connectivity index (χ0n) is 13.4. The van der Waals surface area contributed by atoms with E-state index in [9.17, 15) is 19.7 Å². The molecule has 2 unspecified atom stereocenters. The number of esters is 1. The monoisotopic (exact) mass is 352 g/mol. The van der Waals surface area contributed by atoms with Gasteiger partial charge < -0.3 is 10.1 Å². The number of benzene rings is 1. The number of carbonyl (C=O) groups excluding carboxylic acids is 2. The molecule has 1 aliphatic heterocycles. The van der Waals surface area contributed by atoms with E-state index in [-0.39, 0.29) is 41.1 Å². The fourth-order valence-corrected chi connectivity index (χ4v) is 3.64. The van der Waals surface area contributed by atoms with Crippen LogP contribution >= 0.6 is 11.8 Å². The lowest BCUT2D eigenvalue weighted by atomic mass is 10.1. The SMILES string of the molecule is CC(=O)SC1CNC(CCC(=O)OCc2ccccc2[N+](=O)[O-])C1. The second kappa shape index (κ2) is 8.79. The fraction of sp³-hybridized carbons (Fsp3) is 0.500. The molecule has 1 saturated heterocycles. The Bertz CT molecular complexity index is 622. The van der Waals surface area contributed by atoms with Crippen LogP contribution in [0.15, 0.2) is 24.3 Å². The van der Waals surface area contributed by atoms with Gasteiger partial charge in [0.25, 0.3) is 5.69 Å². The Balaban J connectivity index is 1.73. The van der Waals surface area contributed by atoms with Crippen molar-refractivity contribution in [2.24, 2.45) is 0 Å². The van der Waals surface area contributed by atoms with E-state index >= 15 is 0 Å². The molecule has 1 aliphatic rings. The standard InChI is InChI=1S/C16H20N2O5S/c1-11(19)24-14-8-13(17-9-14)6-7-16(20)23-10-12-4-2-3-5-15(12)18(21)22/h2-5,13-14,17H,6-10H2,1H3. The number of hydrogen-bond acceptors (Lipinski definition) is 7. The Morgan fingerprint density at radius 2 is 2.17 bits per heavy atom. The van der Waals surface area contributed by atoms with Crippen LogP contribution in [0.4, 0.5) is 5.69 Å². The molecule has 2 atom stereocenters. The van der Waals surface area contributed by atoms with Crippen molar-refractivity contribution in [2.75, 3.05) is 6.54 Å². The molecular formula is C16H20N2O5S. The van der Waals surface area contributed by atoms with Crippen molar-refractivity contribution >= 4 is 28.5 Å². The molecule has 0 bridgehead atoms. The van der Waals surface area contributed by atoms with Gasteiger partial charge >= 0.3 is 5.97 Å². The zero-order valence-corrected chi connectivity index (χ0v) is 14.2. The first-order chi connectivity index (χ1) is 11.5. The average molecular weight is 352 g/mol. The van der Waals surface area contributed by atoms with E-state index in [4.69, 9.17) is 4.74 Å². The summed E-state index contributed by atoms with van der Waals surface area (Å²) in [7, 11) is 0. The van der Waals surface area contributed by atoms with E-state index in [1.807, 2.05) is 0 Å². The van der Waals surface area contributed by atoms with Gasteiger partial charge in [-0.3, -0.25) is 19.7 Å². The van der Waals surface area contributed by atoms with Crippen LogP contribution in [0.1, 0.15) is 31.7 Å². The van der Waals surface area contributed by atoms with Crippen LogP contribution in [0.3, 0.4) is 0 Å². The topological polar surface area (TPSA) is 98.5 Å². The molecule has 0 amide bonds.